The van der Waals surface area contributed by atoms with Crippen LogP contribution >= 0.6 is 0 Å². The van der Waals surface area contributed by atoms with Crippen LogP contribution in [-0.2, 0) is 0 Å². The van der Waals surface area contributed by atoms with Gasteiger partial charge in [0.15, 0.2) is 0 Å². The molecule has 0 aliphatic carbocycles. The van der Waals surface area contributed by atoms with Gasteiger partial charge in [-0.1, -0.05) is 0 Å². The van der Waals surface area contributed by atoms with E-state index in [0.717, 1.165) is 28.7 Å². The summed E-state index contributed by atoms with van der Waals surface area (Å²) in [5.41, 5.74) is 0. The standard InChI is InChI=1S/C6H6O.Sn/c7-6-4-2-1-3-5-6;/h1-5,7H;/q;+2/p-1. The molecule has 0 heterocycles. The summed E-state index contributed by atoms with van der Waals surface area (Å²) in [6.45, 7) is 0. The van der Waals surface area contributed by atoms with Crippen molar-refractivity contribution in [1.82, 2.24) is 0 Å². The van der Waals surface area contributed by atoms with Crippen molar-refractivity contribution in [2.45, 2.75) is 0 Å². The molecule has 1 nitrogen and oxygen atoms in total. The van der Waals surface area contributed by atoms with Gasteiger partial charge >= 0.3 is 62.1 Å². The summed E-state index contributed by atoms with van der Waals surface area (Å²) in [5, 5.41) is 0. The Morgan fingerprint density at radius 1 is 1.12 bits per heavy atom. The third-order valence-corrected chi connectivity index (χ3v) is 1.53. The van der Waals surface area contributed by atoms with Crippen molar-refractivity contribution in [3.8, 4) is 5.75 Å². The Labute approximate surface area is 62.3 Å². The molecule has 0 saturated carbocycles. The molecular formula is C6H5OSn+. The minimum absolute atomic E-state index is 0.950. The molecule has 0 amide bonds. The van der Waals surface area contributed by atoms with Crippen LogP contribution in [0.3, 0.4) is 0 Å². The molecular weight excluding hydrogens is 207 g/mol. The number of hydrogen-bond donors (Lipinski definition) is 0. The third-order valence-electron chi connectivity index (χ3n) is 0.861. The maximum absolute atomic E-state index is 5.00. The first-order chi connectivity index (χ1) is 3.93. The van der Waals surface area contributed by atoms with E-state index < -0.39 is 0 Å². The van der Waals surface area contributed by atoms with E-state index in [9.17, 15) is 0 Å². The average molecular weight is 212 g/mol. The van der Waals surface area contributed by atoms with E-state index in [0.29, 0.717) is 0 Å². The van der Waals surface area contributed by atoms with Crippen LogP contribution in [0.5, 0.6) is 5.75 Å². The molecule has 8 heavy (non-hydrogen) atoms. The van der Waals surface area contributed by atoms with E-state index in [-0.39, 0.29) is 0 Å². The fourth-order valence-corrected chi connectivity index (χ4v) is 0.877. The van der Waals surface area contributed by atoms with Crippen molar-refractivity contribution in [3.63, 3.8) is 0 Å². The number of rotatable bonds is 1. The number of benzene rings is 1. The fraction of sp³-hybridized carbons (Fsp3) is 0. The summed E-state index contributed by atoms with van der Waals surface area (Å²) in [6.07, 6.45) is 0. The van der Waals surface area contributed by atoms with E-state index >= 15 is 0 Å². The number of hydrogen-bond acceptors (Lipinski definition) is 1. The molecule has 0 spiro atoms. The second-order valence-electron chi connectivity index (χ2n) is 1.42. The van der Waals surface area contributed by atoms with Gasteiger partial charge in [0.1, 0.15) is 0 Å². The Morgan fingerprint density at radius 2 is 1.75 bits per heavy atom. The second kappa shape index (κ2) is 2.97. The maximum atomic E-state index is 5.00. The van der Waals surface area contributed by atoms with Gasteiger partial charge in [0.25, 0.3) is 0 Å². The van der Waals surface area contributed by atoms with Gasteiger partial charge in [-0.05, 0) is 0 Å². The SMILES string of the molecule is [Sn+][O]c1ccccc1. The van der Waals surface area contributed by atoms with E-state index in [4.69, 9.17) is 3.07 Å². The van der Waals surface area contributed by atoms with Gasteiger partial charge in [-0.25, -0.2) is 0 Å². The molecule has 1 aromatic rings. The van der Waals surface area contributed by atoms with Crippen molar-refractivity contribution in [3.05, 3.63) is 30.3 Å². The predicted molar refractivity (Wildman–Crippen MR) is 32.8 cm³/mol. The first kappa shape index (κ1) is 5.95. The van der Waals surface area contributed by atoms with Crippen LogP contribution in [0.1, 0.15) is 0 Å². The second-order valence-corrected chi connectivity index (χ2v) is 2.00. The van der Waals surface area contributed by atoms with Crippen LogP contribution in [0, 0.1) is 0 Å². The van der Waals surface area contributed by atoms with E-state index in [1.165, 1.54) is 0 Å². The van der Waals surface area contributed by atoms with Crippen LogP contribution in [0.25, 0.3) is 0 Å². The van der Waals surface area contributed by atoms with Gasteiger partial charge in [-0.3, -0.25) is 0 Å². The first-order valence-electron chi connectivity index (χ1n) is 2.32. The predicted octanol–water partition coefficient (Wildman–Crippen LogP) is 1.15. The van der Waals surface area contributed by atoms with Crippen LogP contribution in [-0.4, -0.2) is 22.9 Å². The first-order valence-corrected chi connectivity index (χ1v) is 3.48. The molecule has 0 aliphatic heterocycles. The third kappa shape index (κ3) is 1.40. The van der Waals surface area contributed by atoms with Gasteiger partial charge < -0.3 is 0 Å². The Bertz CT molecular complexity index is 150. The quantitative estimate of drug-likeness (QED) is 0.634. The molecule has 0 unspecified atom stereocenters. The molecule has 0 aliphatic rings. The van der Waals surface area contributed by atoms with Crippen molar-refractivity contribution in [1.29, 1.82) is 0 Å². The summed E-state index contributed by atoms with van der Waals surface area (Å²) in [5.74, 6) is 0.950. The van der Waals surface area contributed by atoms with E-state index in [2.05, 4.69) is 0 Å². The van der Waals surface area contributed by atoms with Crippen molar-refractivity contribution in [2.24, 2.45) is 0 Å². The van der Waals surface area contributed by atoms with Crippen LogP contribution in [0.15, 0.2) is 30.3 Å². The zero-order valence-corrected chi connectivity index (χ0v) is 7.15. The summed E-state index contributed by atoms with van der Waals surface area (Å²) >= 11 is 1.09. The Morgan fingerprint density at radius 3 is 2.12 bits per heavy atom. The molecule has 0 aromatic heterocycles. The number of para-hydroxylation sites is 1. The molecule has 1 aromatic carbocycles. The molecule has 2 radical (unpaired) electrons. The van der Waals surface area contributed by atoms with Crippen molar-refractivity contribution in [2.75, 3.05) is 0 Å². The van der Waals surface area contributed by atoms with Crippen LogP contribution in [0.2, 0.25) is 0 Å². The molecule has 38 valence electrons. The topological polar surface area (TPSA) is 9.23 Å². The Kier molecular flexibility index (Phi) is 2.21. The summed E-state index contributed by atoms with van der Waals surface area (Å²) in [6, 6.07) is 9.76. The minimum atomic E-state index is 0.950. The monoisotopic (exact) mass is 213 g/mol. The van der Waals surface area contributed by atoms with Gasteiger partial charge in [0, 0.05) is 0 Å². The zero-order chi connectivity index (χ0) is 5.82. The van der Waals surface area contributed by atoms with Crippen molar-refractivity contribution < 1.29 is 3.07 Å². The Balaban J connectivity index is 2.83. The molecule has 2 heteroatoms. The van der Waals surface area contributed by atoms with Gasteiger partial charge in [0.05, 0.1) is 0 Å². The Hall–Kier alpha value is -0.181. The molecule has 0 bridgehead atoms. The molecule has 1 rings (SSSR count). The van der Waals surface area contributed by atoms with Gasteiger partial charge in [-0.2, -0.15) is 0 Å². The molecule has 0 N–H and O–H groups in total. The summed E-state index contributed by atoms with van der Waals surface area (Å²) in [7, 11) is 0. The van der Waals surface area contributed by atoms with Gasteiger partial charge in [0.2, 0.25) is 0 Å². The molecule has 0 atom stereocenters. The van der Waals surface area contributed by atoms with Crippen molar-refractivity contribution >= 4 is 22.9 Å². The van der Waals surface area contributed by atoms with Gasteiger partial charge in [-0.15, -0.1) is 0 Å². The normalized spacial score (nSPS) is 8.50. The molecule has 0 saturated heterocycles. The summed E-state index contributed by atoms with van der Waals surface area (Å²) in [4.78, 5) is 0. The van der Waals surface area contributed by atoms with Crippen LogP contribution in [0.4, 0.5) is 0 Å². The zero-order valence-electron chi connectivity index (χ0n) is 4.29. The average Bonchev–Trinajstić information content (AvgIpc) is 1.90. The van der Waals surface area contributed by atoms with Crippen LogP contribution < -0.4 is 3.07 Å². The van der Waals surface area contributed by atoms with E-state index in [1.807, 2.05) is 30.3 Å². The molecule has 0 fully saturated rings. The van der Waals surface area contributed by atoms with E-state index in [1.54, 1.807) is 0 Å². The fourth-order valence-electron chi connectivity index (χ4n) is 0.489. The summed E-state index contributed by atoms with van der Waals surface area (Å²) < 4.78 is 5.00.